The van der Waals surface area contributed by atoms with E-state index in [1.807, 2.05) is 20.8 Å². The van der Waals surface area contributed by atoms with Crippen LogP contribution in [0.2, 0.25) is 0 Å². The van der Waals surface area contributed by atoms with Gasteiger partial charge in [0.25, 0.3) is 0 Å². The molecule has 0 aliphatic carbocycles. The third kappa shape index (κ3) is 13.6. The lowest BCUT2D eigenvalue weighted by Gasteiger charge is -2.19. The first-order valence-corrected chi connectivity index (χ1v) is 8.64. The molecule has 0 fully saturated rings. The van der Waals surface area contributed by atoms with E-state index in [1.54, 1.807) is 0 Å². The average molecular weight is 440 g/mol. The second kappa shape index (κ2) is 13.9. The molecule has 0 heterocycles. The molecular weight excluding hydrogens is 403 g/mol. The van der Waals surface area contributed by atoms with Gasteiger partial charge in [0.2, 0.25) is 5.91 Å². The van der Waals surface area contributed by atoms with E-state index in [0.717, 1.165) is 18.9 Å². The number of hydrogen-bond acceptors (Lipinski definition) is 2. The smallest absolute Gasteiger partial charge is 0.225 e. The number of carbonyl (C=O) groups excluding carboxylic acids is 1. The van der Waals surface area contributed by atoms with Crippen molar-refractivity contribution in [1.29, 1.82) is 0 Å². The summed E-state index contributed by atoms with van der Waals surface area (Å²) in [5.41, 5.74) is -0.347. The summed E-state index contributed by atoms with van der Waals surface area (Å²) in [5, 5.41) is 9.58. The molecule has 0 aliphatic heterocycles. The van der Waals surface area contributed by atoms with E-state index in [-0.39, 0.29) is 35.3 Å². The van der Waals surface area contributed by atoms with Crippen LogP contribution >= 0.6 is 24.0 Å². The van der Waals surface area contributed by atoms with Gasteiger partial charge in [0.1, 0.15) is 0 Å². The molecule has 0 saturated heterocycles. The minimum atomic E-state index is -0.347. The summed E-state index contributed by atoms with van der Waals surface area (Å²) in [7, 11) is 0. The van der Waals surface area contributed by atoms with Crippen molar-refractivity contribution in [2.75, 3.05) is 19.6 Å². The van der Waals surface area contributed by atoms with Gasteiger partial charge in [-0.1, -0.05) is 47.0 Å². The Bertz CT molecular complexity index is 340. The Morgan fingerprint density at radius 2 is 1.78 bits per heavy atom. The molecule has 1 unspecified atom stereocenters. The Hall–Kier alpha value is -0.530. The SMILES string of the molecule is CCCCCC(C)NC(=NCCNC(=O)C(C)(C)C)NCC.I. The average Bonchev–Trinajstić information content (AvgIpc) is 2.42. The van der Waals surface area contributed by atoms with Crippen molar-refractivity contribution in [2.45, 2.75) is 73.3 Å². The largest absolute Gasteiger partial charge is 0.357 e. The number of carbonyl (C=O) groups is 1. The maximum atomic E-state index is 11.8. The standard InChI is InChI=1S/C17H36N4O.HI/c1-7-9-10-11-14(3)21-16(18-8-2)20-13-12-19-15(22)17(4,5)6;/h14H,7-13H2,1-6H3,(H,19,22)(H2,18,20,21);1H. The second-order valence-corrected chi connectivity index (χ2v) is 6.81. The van der Waals surface area contributed by atoms with E-state index in [2.05, 4.69) is 41.7 Å². The first-order valence-electron chi connectivity index (χ1n) is 8.64. The van der Waals surface area contributed by atoms with E-state index in [1.165, 1.54) is 19.3 Å². The van der Waals surface area contributed by atoms with E-state index in [9.17, 15) is 4.79 Å². The van der Waals surface area contributed by atoms with Crippen molar-refractivity contribution < 1.29 is 4.79 Å². The number of amides is 1. The van der Waals surface area contributed by atoms with Crippen LogP contribution in [0, 0.1) is 5.41 Å². The van der Waals surface area contributed by atoms with Crippen LogP contribution in [0.15, 0.2) is 4.99 Å². The fraction of sp³-hybridized carbons (Fsp3) is 0.882. The molecule has 0 aromatic heterocycles. The highest BCUT2D eigenvalue weighted by Crippen LogP contribution is 2.11. The number of halogens is 1. The fourth-order valence-corrected chi connectivity index (χ4v) is 1.93. The van der Waals surface area contributed by atoms with Gasteiger partial charge in [0, 0.05) is 24.5 Å². The molecule has 3 N–H and O–H groups in total. The zero-order chi connectivity index (χ0) is 17.0. The zero-order valence-electron chi connectivity index (χ0n) is 15.8. The Morgan fingerprint density at radius 3 is 2.30 bits per heavy atom. The Balaban J connectivity index is 0. The monoisotopic (exact) mass is 440 g/mol. The molecule has 0 bridgehead atoms. The lowest BCUT2D eigenvalue weighted by atomic mass is 9.96. The van der Waals surface area contributed by atoms with Gasteiger partial charge in [0.05, 0.1) is 6.54 Å². The Morgan fingerprint density at radius 1 is 1.13 bits per heavy atom. The third-order valence-corrected chi connectivity index (χ3v) is 3.32. The van der Waals surface area contributed by atoms with E-state index < -0.39 is 0 Å². The summed E-state index contributed by atoms with van der Waals surface area (Å²) in [5.74, 6) is 0.894. The number of nitrogens with one attached hydrogen (secondary N) is 3. The summed E-state index contributed by atoms with van der Waals surface area (Å²) in [6, 6.07) is 0.411. The number of aliphatic imine (C=N–C) groups is 1. The van der Waals surface area contributed by atoms with Crippen LogP contribution in [0.3, 0.4) is 0 Å². The van der Waals surface area contributed by atoms with Gasteiger partial charge in [0.15, 0.2) is 5.96 Å². The van der Waals surface area contributed by atoms with Gasteiger partial charge < -0.3 is 16.0 Å². The predicted octanol–water partition coefficient (Wildman–Crippen LogP) is 3.29. The molecule has 0 aromatic rings. The van der Waals surface area contributed by atoms with Crippen LogP contribution in [0.5, 0.6) is 0 Å². The summed E-state index contributed by atoms with van der Waals surface area (Å²) in [6.45, 7) is 14.2. The van der Waals surface area contributed by atoms with Crippen molar-refractivity contribution >= 4 is 35.8 Å². The number of nitrogens with zero attached hydrogens (tertiary/aromatic N) is 1. The molecule has 6 heteroatoms. The Labute approximate surface area is 159 Å². The van der Waals surface area contributed by atoms with Crippen molar-refractivity contribution in [3.8, 4) is 0 Å². The van der Waals surface area contributed by atoms with Gasteiger partial charge in [-0.3, -0.25) is 9.79 Å². The normalized spacial score (nSPS) is 13.0. The summed E-state index contributed by atoms with van der Waals surface area (Å²) >= 11 is 0. The summed E-state index contributed by atoms with van der Waals surface area (Å²) < 4.78 is 0. The van der Waals surface area contributed by atoms with Crippen LogP contribution in [-0.2, 0) is 4.79 Å². The molecule has 0 aromatic carbocycles. The lowest BCUT2D eigenvalue weighted by Crippen LogP contribution is -2.43. The molecule has 0 rings (SSSR count). The molecule has 1 atom stereocenters. The summed E-state index contributed by atoms with van der Waals surface area (Å²) in [6.07, 6.45) is 4.91. The van der Waals surface area contributed by atoms with Crippen LogP contribution in [0.1, 0.15) is 67.2 Å². The summed E-state index contributed by atoms with van der Waals surface area (Å²) in [4.78, 5) is 16.3. The maximum Gasteiger partial charge on any atom is 0.225 e. The molecule has 0 aliphatic rings. The van der Waals surface area contributed by atoms with Crippen molar-refractivity contribution in [1.82, 2.24) is 16.0 Å². The zero-order valence-corrected chi connectivity index (χ0v) is 18.1. The van der Waals surface area contributed by atoms with Gasteiger partial charge in [-0.25, -0.2) is 0 Å². The molecule has 1 amide bonds. The first kappa shape index (κ1) is 24.7. The van der Waals surface area contributed by atoms with Crippen molar-refractivity contribution in [3.63, 3.8) is 0 Å². The van der Waals surface area contributed by atoms with Crippen LogP contribution in [0.25, 0.3) is 0 Å². The van der Waals surface area contributed by atoms with Gasteiger partial charge in [-0.2, -0.15) is 0 Å². The second-order valence-electron chi connectivity index (χ2n) is 6.81. The maximum absolute atomic E-state index is 11.8. The van der Waals surface area contributed by atoms with E-state index in [0.29, 0.717) is 19.1 Å². The minimum absolute atomic E-state index is 0. The van der Waals surface area contributed by atoms with Gasteiger partial charge in [-0.15, -0.1) is 24.0 Å². The highest BCUT2D eigenvalue weighted by atomic mass is 127. The van der Waals surface area contributed by atoms with Crippen molar-refractivity contribution in [3.05, 3.63) is 0 Å². The minimum Gasteiger partial charge on any atom is -0.357 e. The van der Waals surface area contributed by atoms with E-state index >= 15 is 0 Å². The fourth-order valence-electron chi connectivity index (χ4n) is 1.93. The van der Waals surface area contributed by atoms with Crippen LogP contribution < -0.4 is 16.0 Å². The highest BCUT2D eigenvalue weighted by Gasteiger charge is 2.20. The van der Waals surface area contributed by atoms with Crippen LogP contribution in [-0.4, -0.2) is 37.5 Å². The third-order valence-electron chi connectivity index (χ3n) is 3.32. The highest BCUT2D eigenvalue weighted by molar-refractivity contribution is 14.0. The number of unbranched alkanes of at least 4 members (excludes halogenated alkanes) is 2. The molecule has 0 saturated carbocycles. The topological polar surface area (TPSA) is 65.5 Å². The molecule has 23 heavy (non-hydrogen) atoms. The molecular formula is C17H37IN4O. The van der Waals surface area contributed by atoms with Crippen LogP contribution in [0.4, 0.5) is 0 Å². The predicted molar refractivity (Wildman–Crippen MR) is 111 cm³/mol. The molecule has 0 radical (unpaired) electrons. The van der Waals surface area contributed by atoms with Gasteiger partial charge in [-0.05, 0) is 20.3 Å². The number of rotatable bonds is 9. The molecule has 0 spiro atoms. The Kier molecular flexibility index (Phi) is 14.9. The number of hydrogen-bond donors (Lipinski definition) is 3. The quantitative estimate of drug-likeness (QED) is 0.223. The molecule has 138 valence electrons. The lowest BCUT2D eigenvalue weighted by molar-refractivity contribution is -0.128. The first-order chi connectivity index (χ1) is 10.3. The van der Waals surface area contributed by atoms with E-state index in [4.69, 9.17) is 0 Å². The van der Waals surface area contributed by atoms with Gasteiger partial charge >= 0.3 is 0 Å². The number of guanidine groups is 1. The molecule has 5 nitrogen and oxygen atoms in total. The van der Waals surface area contributed by atoms with Crippen molar-refractivity contribution in [2.24, 2.45) is 10.4 Å².